The molecular formula is HNO5P2+2. The van der Waals surface area contributed by atoms with Crippen LogP contribution in [0.3, 0.4) is 0 Å². The van der Waals surface area contributed by atoms with Gasteiger partial charge >= 0.3 is 16.5 Å². The van der Waals surface area contributed by atoms with Gasteiger partial charge in [-0.1, -0.05) is 0 Å². The topological polar surface area (TPSA) is 73.9 Å². The summed E-state index contributed by atoms with van der Waals surface area (Å²) in [6, 6.07) is 0. The van der Waals surface area contributed by atoms with E-state index in [0.29, 0.717) is 0 Å². The van der Waals surface area contributed by atoms with Gasteiger partial charge in [-0.2, -0.15) is 0 Å². The van der Waals surface area contributed by atoms with Crippen LogP contribution in [0.1, 0.15) is 0 Å². The quantitative estimate of drug-likeness (QED) is 0.523. The van der Waals surface area contributed by atoms with Crippen molar-refractivity contribution in [1.82, 2.24) is 5.64 Å². The number of hydrogen-bond acceptors (Lipinski definition) is 6. The molecule has 1 rings (SSSR count). The van der Waals surface area contributed by atoms with E-state index >= 15 is 0 Å². The highest BCUT2D eigenvalue weighted by Crippen LogP contribution is 2.41. The van der Waals surface area contributed by atoms with Gasteiger partial charge in [0.25, 0.3) is 0 Å². The standard InChI is InChI=1S/HNO5P2/c2-7-4-1-5-8(3)6-7/h1H/q+2. The fourth-order valence-electron chi connectivity index (χ4n) is 0.165. The first kappa shape index (κ1) is 6.16. The molecule has 1 aliphatic rings. The van der Waals surface area contributed by atoms with Gasteiger partial charge in [-0.05, 0) is 0 Å². The van der Waals surface area contributed by atoms with Crippen molar-refractivity contribution in [1.29, 1.82) is 0 Å². The molecule has 8 heteroatoms. The molecule has 0 saturated carbocycles. The molecular weight excluding hydrogens is 156 g/mol. The highest BCUT2D eigenvalue weighted by atomic mass is 31.2. The van der Waals surface area contributed by atoms with Crippen LogP contribution in [0.25, 0.3) is 0 Å². The molecule has 0 spiro atoms. The highest BCUT2D eigenvalue weighted by molar-refractivity contribution is 7.47. The molecule has 0 bridgehead atoms. The van der Waals surface area contributed by atoms with E-state index in [0.717, 1.165) is 0 Å². The van der Waals surface area contributed by atoms with E-state index < -0.39 is 16.5 Å². The minimum Gasteiger partial charge on any atom is 0.0112 e. The van der Waals surface area contributed by atoms with Crippen LogP contribution in [0.15, 0.2) is 0 Å². The Kier molecular flexibility index (Phi) is 1.96. The summed E-state index contributed by atoms with van der Waals surface area (Å²) in [5, 5.41) is 0. The van der Waals surface area contributed by atoms with Gasteiger partial charge in [-0.15, -0.1) is 0 Å². The second-order valence-electron chi connectivity index (χ2n) is 0.795. The summed E-state index contributed by atoms with van der Waals surface area (Å²) in [4.78, 5) is 0. The molecule has 0 amide bonds. The third-order valence-corrected chi connectivity index (χ3v) is 1.87. The molecule has 0 aromatic rings. The molecule has 1 heterocycles. The van der Waals surface area contributed by atoms with Crippen molar-refractivity contribution >= 4 is 16.5 Å². The molecule has 1 fully saturated rings. The first-order valence-corrected chi connectivity index (χ1v) is 3.69. The molecule has 6 nitrogen and oxygen atoms in total. The maximum Gasteiger partial charge on any atom is 0.768 e. The van der Waals surface area contributed by atoms with Crippen molar-refractivity contribution in [2.75, 3.05) is 0 Å². The lowest BCUT2D eigenvalue weighted by Crippen LogP contribution is -2.09. The lowest BCUT2D eigenvalue weighted by molar-refractivity contribution is -0.0395. The van der Waals surface area contributed by atoms with E-state index in [1.165, 1.54) is 0 Å². The SMILES string of the molecule is O=[P+]1ONO[P+](=O)O1. The Labute approximate surface area is 45.9 Å². The largest absolute Gasteiger partial charge is 0.768 e. The fourth-order valence-corrected chi connectivity index (χ4v) is 1.12. The van der Waals surface area contributed by atoms with Gasteiger partial charge in [0.1, 0.15) is 0 Å². The predicted molar refractivity (Wildman–Crippen MR) is 21.6 cm³/mol. The average molecular weight is 157 g/mol. The maximum absolute atomic E-state index is 10.1. The summed E-state index contributed by atoms with van der Waals surface area (Å²) in [6.45, 7) is 0. The van der Waals surface area contributed by atoms with Crippen LogP contribution in [0.4, 0.5) is 0 Å². The van der Waals surface area contributed by atoms with E-state index in [1.807, 2.05) is 0 Å². The first-order valence-electron chi connectivity index (χ1n) is 1.50. The second kappa shape index (κ2) is 2.55. The lowest BCUT2D eigenvalue weighted by atomic mass is 13.3. The summed E-state index contributed by atoms with van der Waals surface area (Å²) >= 11 is 0. The van der Waals surface area contributed by atoms with Crippen molar-refractivity contribution in [3.63, 3.8) is 0 Å². The zero-order valence-electron chi connectivity index (χ0n) is 3.44. The maximum atomic E-state index is 10.1. The van der Waals surface area contributed by atoms with E-state index in [2.05, 4.69) is 13.6 Å². The molecule has 0 aromatic carbocycles. The monoisotopic (exact) mass is 157 g/mol. The molecule has 1 saturated heterocycles. The van der Waals surface area contributed by atoms with Crippen molar-refractivity contribution < 1.29 is 22.7 Å². The van der Waals surface area contributed by atoms with Gasteiger partial charge < -0.3 is 0 Å². The summed E-state index contributed by atoms with van der Waals surface area (Å²) in [6.07, 6.45) is 0. The summed E-state index contributed by atoms with van der Waals surface area (Å²) in [5.41, 5.74) is 1.69. The van der Waals surface area contributed by atoms with Gasteiger partial charge in [0, 0.05) is 24.0 Å². The third-order valence-electron chi connectivity index (χ3n) is 0.357. The van der Waals surface area contributed by atoms with Crippen molar-refractivity contribution in [2.45, 2.75) is 0 Å². The molecule has 8 heavy (non-hydrogen) atoms. The smallest absolute Gasteiger partial charge is 0.0112 e. The molecule has 0 radical (unpaired) electrons. The van der Waals surface area contributed by atoms with Crippen LogP contribution in [0.5, 0.6) is 0 Å². The summed E-state index contributed by atoms with van der Waals surface area (Å²) < 4.78 is 32.1. The Hall–Kier alpha value is 0.0400. The molecule has 1 aliphatic heterocycles. The van der Waals surface area contributed by atoms with Gasteiger partial charge in [0.2, 0.25) is 0 Å². The predicted octanol–water partition coefficient (Wildman–Crippen LogP) is 0.784. The highest BCUT2D eigenvalue weighted by Gasteiger charge is 2.47. The second-order valence-corrected chi connectivity index (χ2v) is 2.71. The van der Waals surface area contributed by atoms with E-state index in [1.54, 1.807) is 5.64 Å². The Morgan fingerprint density at radius 2 is 1.62 bits per heavy atom. The molecule has 0 aromatic heterocycles. The zero-order chi connectivity index (χ0) is 5.98. The summed E-state index contributed by atoms with van der Waals surface area (Å²) in [5.74, 6) is 0. The van der Waals surface area contributed by atoms with Crippen molar-refractivity contribution in [2.24, 2.45) is 0 Å². The van der Waals surface area contributed by atoms with Crippen LogP contribution >= 0.6 is 16.5 Å². The summed E-state index contributed by atoms with van der Waals surface area (Å²) in [7, 11) is -4.60. The Morgan fingerprint density at radius 1 is 1.12 bits per heavy atom. The van der Waals surface area contributed by atoms with Crippen molar-refractivity contribution in [3.05, 3.63) is 0 Å². The normalized spacial score (nSPS) is 30.5. The minimum absolute atomic E-state index is 1.69. The number of rotatable bonds is 0. The van der Waals surface area contributed by atoms with Crippen LogP contribution in [0.2, 0.25) is 0 Å². The first-order chi connectivity index (χ1) is 3.79. The number of hydrogen-bond donors (Lipinski definition) is 1. The minimum atomic E-state index is -2.30. The Morgan fingerprint density at radius 3 is 1.88 bits per heavy atom. The lowest BCUT2D eigenvalue weighted by Gasteiger charge is -1.82. The molecule has 1 N–H and O–H groups in total. The van der Waals surface area contributed by atoms with Gasteiger partial charge in [0.05, 0.1) is 0 Å². The van der Waals surface area contributed by atoms with Crippen LogP contribution in [0, 0.1) is 0 Å². The molecule has 44 valence electrons. The molecule has 0 aliphatic carbocycles. The fraction of sp³-hybridized carbons (Fsp3) is 0. The Balaban J connectivity index is 2.45. The van der Waals surface area contributed by atoms with Crippen LogP contribution < -0.4 is 5.64 Å². The Bertz CT molecular complexity index is 116. The van der Waals surface area contributed by atoms with Gasteiger partial charge in [-0.3, -0.25) is 0 Å². The number of nitrogens with one attached hydrogen (secondary N) is 1. The van der Waals surface area contributed by atoms with E-state index in [9.17, 15) is 9.13 Å². The van der Waals surface area contributed by atoms with Gasteiger partial charge in [0.15, 0.2) is 4.31 Å². The average Bonchev–Trinajstić information content (AvgIpc) is 1.64. The zero-order valence-corrected chi connectivity index (χ0v) is 5.22. The van der Waals surface area contributed by atoms with E-state index in [-0.39, 0.29) is 0 Å². The van der Waals surface area contributed by atoms with Gasteiger partial charge in [-0.25, -0.2) is 0 Å². The van der Waals surface area contributed by atoms with Crippen molar-refractivity contribution in [3.8, 4) is 0 Å². The third kappa shape index (κ3) is 1.52. The molecule has 2 unspecified atom stereocenters. The van der Waals surface area contributed by atoms with Crippen LogP contribution in [-0.2, 0) is 22.7 Å². The van der Waals surface area contributed by atoms with Crippen LogP contribution in [-0.4, -0.2) is 0 Å². The van der Waals surface area contributed by atoms with E-state index in [4.69, 9.17) is 0 Å². The molecule has 2 atom stereocenters.